The molecule has 0 aromatic carbocycles. The highest BCUT2D eigenvalue weighted by atomic mass is 16.5. The number of hydrogen-bond acceptors (Lipinski definition) is 6. The Labute approximate surface area is 113 Å². The lowest BCUT2D eigenvalue weighted by Crippen LogP contribution is -2.58. The second-order valence-electron chi connectivity index (χ2n) is 5.07. The van der Waals surface area contributed by atoms with E-state index >= 15 is 0 Å². The lowest BCUT2D eigenvalue weighted by Gasteiger charge is -2.39. The van der Waals surface area contributed by atoms with Crippen molar-refractivity contribution in [2.24, 2.45) is 0 Å². The normalized spacial score (nSPS) is 35.3. The molecule has 1 aliphatic heterocycles. The molecule has 0 radical (unpaired) electrons. The molecule has 19 heavy (non-hydrogen) atoms. The van der Waals surface area contributed by atoms with Crippen molar-refractivity contribution < 1.29 is 30.0 Å². The van der Waals surface area contributed by atoms with Gasteiger partial charge < -0.3 is 25.2 Å². The number of carbonyl (C=O) groups is 1. The zero-order valence-electron chi connectivity index (χ0n) is 11.2. The molecular weight excluding hydrogens is 252 g/mol. The fourth-order valence-electron chi connectivity index (χ4n) is 2.25. The molecule has 0 aromatic rings. The highest BCUT2D eigenvalue weighted by Crippen LogP contribution is 2.23. The topological polar surface area (TPSA) is 107 Å². The van der Waals surface area contributed by atoms with E-state index in [-0.39, 0.29) is 12.2 Å². The van der Waals surface area contributed by atoms with Gasteiger partial charge in [-0.15, -0.1) is 0 Å². The Hall–Kier alpha value is -0.530. The SMILES string of the molecule is CCCCCC(=O)C[C@@H]1O[C@H](CO)[C@H](O)[C@H](O)[C@H]1O. The molecule has 6 nitrogen and oxygen atoms in total. The van der Waals surface area contributed by atoms with Crippen molar-refractivity contribution in [3.8, 4) is 0 Å². The van der Waals surface area contributed by atoms with Crippen LogP contribution in [-0.4, -0.2) is 63.3 Å². The van der Waals surface area contributed by atoms with Crippen LogP contribution in [0.25, 0.3) is 0 Å². The maximum atomic E-state index is 11.7. The minimum atomic E-state index is -1.40. The monoisotopic (exact) mass is 276 g/mol. The van der Waals surface area contributed by atoms with Gasteiger partial charge >= 0.3 is 0 Å². The summed E-state index contributed by atoms with van der Waals surface area (Å²) in [6, 6.07) is 0. The molecule has 4 N–H and O–H groups in total. The first-order valence-electron chi connectivity index (χ1n) is 6.83. The van der Waals surface area contributed by atoms with Gasteiger partial charge in [0.2, 0.25) is 0 Å². The summed E-state index contributed by atoms with van der Waals surface area (Å²) >= 11 is 0. The fraction of sp³-hybridized carbons (Fsp3) is 0.923. The fourth-order valence-corrected chi connectivity index (χ4v) is 2.25. The Morgan fingerprint density at radius 1 is 1.05 bits per heavy atom. The van der Waals surface area contributed by atoms with E-state index in [2.05, 4.69) is 0 Å². The van der Waals surface area contributed by atoms with Gasteiger partial charge in [-0.25, -0.2) is 0 Å². The number of ether oxygens (including phenoxy) is 1. The van der Waals surface area contributed by atoms with E-state index in [1.165, 1.54) is 0 Å². The minimum Gasteiger partial charge on any atom is -0.394 e. The number of aliphatic hydroxyl groups excluding tert-OH is 4. The molecule has 0 aromatic heterocycles. The van der Waals surface area contributed by atoms with E-state index in [4.69, 9.17) is 9.84 Å². The van der Waals surface area contributed by atoms with Gasteiger partial charge in [0.1, 0.15) is 30.2 Å². The van der Waals surface area contributed by atoms with Gasteiger partial charge in [0.05, 0.1) is 12.7 Å². The predicted octanol–water partition coefficient (Wildman–Crippen LogP) is -0.632. The van der Waals surface area contributed by atoms with Gasteiger partial charge in [-0.05, 0) is 6.42 Å². The molecule has 5 atom stereocenters. The first kappa shape index (κ1) is 16.5. The van der Waals surface area contributed by atoms with Gasteiger partial charge in [-0.1, -0.05) is 19.8 Å². The van der Waals surface area contributed by atoms with Crippen LogP contribution in [0.1, 0.15) is 39.0 Å². The zero-order chi connectivity index (χ0) is 14.4. The lowest BCUT2D eigenvalue weighted by molar-refractivity contribution is -0.229. The van der Waals surface area contributed by atoms with Crippen LogP contribution < -0.4 is 0 Å². The molecule has 112 valence electrons. The summed E-state index contributed by atoms with van der Waals surface area (Å²) in [5.74, 6) is -0.0437. The van der Waals surface area contributed by atoms with Gasteiger partial charge in [0, 0.05) is 12.8 Å². The standard InChI is InChI=1S/C13H24O6/c1-2-3-4-5-8(15)6-9-11(16)13(18)12(17)10(7-14)19-9/h9-14,16-18H,2-7H2,1H3/t9-,10+,11-,12-,13+/m0/s1. The molecule has 0 unspecified atom stereocenters. The summed E-state index contributed by atoms with van der Waals surface area (Å²) in [5.41, 5.74) is 0. The van der Waals surface area contributed by atoms with E-state index in [0.29, 0.717) is 6.42 Å². The first-order chi connectivity index (χ1) is 9.01. The van der Waals surface area contributed by atoms with Crippen molar-refractivity contribution in [2.75, 3.05) is 6.61 Å². The quantitative estimate of drug-likeness (QED) is 0.461. The number of carbonyl (C=O) groups excluding carboxylic acids is 1. The van der Waals surface area contributed by atoms with Crippen LogP contribution in [0.15, 0.2) is 0 Å². The second-order valence-corrected chi connectivity index (χ2v) is 5.07. The Balaban J connectivity index is 2.49. The molecule has 0 bridgehead atoms. The first-order valence-corrected chi connectivity index (χ1v) is 6.83. The van der Waals surface area contributed by atoms with Crippen LogP contribution in [0.5, 0.6) is 0 Å². The van der Waals surface area contributed by atoms with Gasteiger partial charge in [-0.3, -0.25) is 4.79 Å². The Bertz CT molecular complexity index is 280. The summed E-state index contributed by atoms with van der Waals surface area (Å²) in [6.45, 7) is 1.58. The van der Waals surface area contributed by atoms with E-state index in [1.54, 1.807) is 0 Å². The number of aliphatic hydroxyl groups is 4. The summed E-state index contributed by atoms with van der Waals surface area (Å²) in [4.78, 5) is 11.7. The van der Waals surface area contributed by atoms with Crippen LogP contribution in [-0.2, 0) is 9.53 Å². The maximum Gasteiger partial charge on any atom is 0.135 e. The summed E-state index contributed by atoms with van der Waals surface area (Å²) in [6.07, 6.45) is -2.69. The molecule has 1 aliphatic rings. The Morgan fingerprint density at radius 3 is 2.26 bits per heavy atom. The highest BCUT2D eigenvalue weighted by Gasteiger charge is 2.43. The molecule has 0 amide bonds. The van der Waals surface area contributed by atoms with Crippen molar-refractivity contribution in [2.45, 2.75) is 69.5 Å². The van der Waals surface area contributed by atoms with Crippen molar-refractivity contribution in [3.63, 3.8) is 0 Å². The van der Waals surface area contributed by atoms with Crippen molar-refractivity contribution in [1.82, 2.24) is 0 Å². The average molecular weight is 276 g/mol. The van der Waals surface area contributed by atoms with Crippen LogP contribution in [0, 0.1) is 0 Å². The van der Waals surface area contributed by atoms with E-state index in [1.807, 2.05) is 6.92 Å². The average Bonchev–Trinajstić information content (AvgIpc) is 2.39. The van der Waals surface area contributed by atoms with Gasteiger partial charge in [0.25, 0.3) is 0 Å². The summed E-state index contributed by atoms with van der Waals surface area (Å²) in [7, 11) is 0. The summed E-state index contributed by atoms with van der Waals surface area (Å²) in [5, 5.41) is 38.0. The molecule has 1 heterocycles. The number of rotatable bonds is 7. The Morgan fingerprint density at radius 2 is 1.68 bits per heavy atom. The number of ketones is 1. The molecule has 0 aliphatic carbocycles. The minimum absolute atomic E-state index is 0.00877. The molecule has 0 saturated carbocycles. The van der Waals surface area contributed by atoms with Gasteiger partial charge in [0.15, 0.2) is 0 Å². The van der Waals surface area contributed by atoms with E-state index in [9.17, 15) is 20.1 Å². The number of Topliss-reactive ketones (excluding diaryl/α,β-unsaturated/α-hetero) is 1. The maximum absolute atomic E-state index is 11.7. The van der Waals surface area contributed by atoms with E-state index in [0.717, 1.165) is 19.3 Å². The predicted molar refractivity (Wildman–Crippen MR) is 67.5 cm³/mol. The third kappa shape index (κ3) is 4.50. The zero-order valence-corrected chi connectivity index (χ0v) is 11.2. The van der Waals surface area contributed by atoms with Crippen molar-refractivity contribution in [3.05, 3.63) is 0 Å². The largest absolute Gasteiger partial charge is 0.394 e. The summed E-state index contributed by atoms with van der Waals surface area (Å²) < 4.78 is 5.28. The molecule has 1 rings (SSSR count). The third-order valence-electron chi connectivity index (χ3n) is 3.48. The molecule has 1 fully saturated rings. The molecular formula is C13H24O6. The van der Waals surface area contributed by atoms with Crippen LogP contribution in [0.2, 0.25) is 0 Å². The third-order valence-corrected chi connectivity index (χ3v) is 3.48. The van der Waals surface area contributed by atoms with Gasteiger partial charge in [-0.2, -0.15) is 0 Å². The second kappa shape index (κ2) is 7.91. The smallest absolute Gasteiger partial charge is 0.135 e. The van der Waals surface area contributed by atoms with Crippen LogP contribution >= 0.6 is 0 Å². The molecule has 6 heteroatoms. The molecule has 1 saturated heterocycles. The van der Waals surface area contributed by atoms with Crippen LogP contribution in [0.3, 0.4) is 0 Å². The van der Waals surface area contributed by atoms with Crippen LogP contribution in [0.4, 0.5) is 0 Å². The molecule has 0 spiro atoms. The van der Waals surface area contributed by atoms with E-state index < -0.39 is 37.1 Å². The number of unbranched alkanes of at least 4 members (excludes halogenated alkanes) is 2. The highest BCUT2D eigenvalue weighted by molar-refractivity contribution is 5.78. The Kier molecular flexibility index (Phi) is 6.88. The number of hydrogen-bond donors (Lipinski definition) is 4. The lowest BCUT2D eigenvalue weighted by atomic mass is 9.92. The van der Waals surface area contributed by atoms with Crippen molar-refractivity contribution >= 4 is 5.78 Å². The van der Waals surface area contributed by atoms with Crippen molar-refractivity contribution in [1.29, 1.82) is 0 Å².